The number of aliphatic carboxylic acids is 2. The van der Waals surface area contributed by atoms with Crippen LogP contribution in [0.4, 0.5) is 0 Å². The highest BCUT2D eigenvalue weighted by molar-refractivity contribution is 5.94. The molecule has 8 nitrogen and oxygen atoms in total. The molecule has 0 amide bonds. The van der Waals surface area contributed by atoms with Crippen LogP contribution in [0.2, 0.25) is 0 Å². The van der Waals surface area contributed by atoms with Crippen LogP contribution in [0.15, 0.2) is 48.5 Å². The summed E-state index contributed by atoms with van der Waals surface area (Å²) < 4.78 is 5.70. The highest BCUT2D eigenvalue weighted by Gasteiger charge is 1.99. The molecule has 0 saturated heterocycles. The Kier molecular flexibility index (Phi) is 12.1. The number of nitrogens with one attached hydrogen (secondary N) is 2. The molecule has 0 saturated carbocycles. The second-order valence-electron chi connectivity index (χ2n) is 5.61. The molecule has 0 fully saturated rings. The summed E-state index contributed by atoms with van der Waals surface area (Å²) in [5.41, 5.74) is 8.48. The van der Waals surface area contributed by atoms with Crippen molar-refractivity contribution in [2.45, 2.75) is 27.0 Å². The number of hydrogen-bond donors (Lipinski definition) is 5. The molecule has 0 aromatic heterocycles. The van der Waals surface area contributed by atoms with Gasteiger partial charge in [0.15, 0.2) is 0 Å². The number of carbonyl (C=O) groups is 2. The van der Waals surface area contributed by atoms with Gasteiger partial charge in [0.1, 0.15) is 18.2 Å². The third kappa shape index (κ3) is 12.9. The molecule has 152 valence electrons. The van der Waals surface area contributed by atoms with Crippen LogP contribution in [-0.4, -0.2) is 35.0 Å². The Morgan fingerprint density at radius 2 is 1.39 bits per heavy atom. The molecule has 0 unspecified atom stereocenters. The molecular weight excluding hydrogens is 362 g/mol. The fraction of sp³-hybridized carbons (Fsp3) is 0.250. The lowest BCUT2D eigenvalue weighted by atomic mass is 10.1. The highest BCUT2D eigenvalue weighted by atomic mass is 16.5. The molecule has 0 heterocycles. The summed E-state index contributed by atoms with van der Waals surface area (Å²) in [7, 11) is 1.93. The monoisotopic (exact) mass is 389 g/mol. The van der Waals surface area contributed by atoms with Crippen LogP contribution in [0.3, 0.4) is 0 Å². The van der Waals surface area contributed by atoms with Crippen molar-refractivity contribution in [3.63, 3.8) is 0 Å². The molecule has 0 aliphatic rings. The number of carboxylic acid groups (broad SMARTS) is 2. The number of amidine groups is 1. The Bertz CT molecular complexity index is 723. The number of rotatable bonds is 6. The van der Waals surface area contributed by atoms with Crippen LogP contribution in [0.25, 0.3) is 0 Å². The van der Waals surface area contributed by atoms with Crippen LogP contribution >= 0.6 is 0 Å². The summed E-state index contributed by atoms with van der Waals surface area (Å²) in [4.78, 5) is 18.0. The van der Waals surface area contributed by atoms with Gasteiger partial charge in [-0.3, -0.25) is 15.0 Å². The largest absolute Gasteiger partial charge is 0.489 e. The van der Waals surface area contributed by atoms with Crippen molar-refractivity contribution in [2.75, 3.05) is 7.05 Å². The molecule has 28 heavy (non-hydrogen) atoms. The van der Waals surface area contributed by atoms with E-state index in [1.165, 1.54) is 5.56 Å². The van der Waals surface area contributed by atoms with Gasteiger partial charge in [-0.2, -0.15) is 0 Å². The Labute approximate surface area is 164 Å². The van der Waals surface area contributed by atoms with Crippen molar-refractivity contribution < 1.29 is 24.5 Å². The SMILES string of the molecule is CC(=O)O.CC(=O)O.CNCc1ccc(COc2ccc(C(=N)N)cc2)cc1. The molecule has 2 rings (SSSR count). The topological polar surface area (TPSA) is 146 Å². The minimum absolute atomic E-state index is 0.0664. The van der Waals surface area contributed by atoms with E-state index in [0.29, 0.717) is 12.2 Å². The molecule has 6 N–H and O–H groups in total. The van der Waals surface area contributed by atoms with Gasteiger partial charge in [0.2, 0.25) is 0 Å². The van der Waals surface area contributed by atoms with Crippen LogP contribution in [0, 0.1) is 5.41 Å². The van der Waals surface area contributed by atoms with E-state index in [1.807, 2.05) is 19.2 Å². The maximum Gasteiger partial charge on any atom is 0.300 e. The van der Waals surface area contributed by atoms with Crippen molar-refractivity contribution >= 4 is 17.8 Å². The number of carboxylic acids is 2. The van der Waals surface area contributed by atoms with Gasteiger partial charge in [0.25, 0.3) is 11.9 Å². The van der Waals surface area contributed by atoms with Crippen LogP contribution in [-0.2, 0) is 22.7 Å². The maximum atomic E-state index is 9.00. The maximum absolute atomic E-state index is 9.00. The van der Waals surface area contributed by atoms with Crippen molar-refractivity contribution in [1.82, 2.24) is 5.32 Å². The summed E-state index contributed by atoms with van der Waals surface area (Å²) in [5.74, 6) is -0.828. The van der Waals surface area contributed by atoms with Crippen molar-refractivity contribution in [2.24, 2.45) is 5.73 Å². The van der Waals surface area contributed by atoms with E-state index in [9.17, 15) is 0 Å². The minimum Gasteiger partial charge on any atom is -0.489 e. The summed E-state index contributed by atoms with van der Waals surface area (Å²) in [5, 5.41) is 25.3. The van der Waals surface area contributed by atoms with Crippen molar-refractivity contribution in [3.05, 3.63) is 65.2 Å². The summed E-state index contributed by atoms with van der Waals surface area (Å²) in [6.07, 6.45) is 0. The van der Waals surface area contributed by atoms with Gasteiger partial charge in [-0.05, 0) is 42.4 Å². The van der Waals surface area contributed by atoms with Crippen molar-refractivity contribution in [1.29, 1.82) is 5.41 Å². The molecule has 2 aromatic rings. The lowest BCUT2D eigenvalue weighted by Crippen LogP contribution is -2.10. The number of ether oxygens (including phenoxy) is 1. The Balaban J connectivity index is 0.000000776. The number of nitrogen functional groups attached to an aromatic ring is 1. The molecule has 0 radical (unpaired) electrons. The van der Waals surface area contributed by atoms with Gasteiger partial charge in [0, 0.05) is 26.0 Å². The fourth-order valence-electron chi connectivity index (χ4n) is 1.85. The molecular formula is C20H27N3O5. The molecule has 0 spiro atoms. The normalized spacial score (nSPS) is 9.11. The molecule has 0 atom stereocenters. The zero-order valence-corrected chi connectivity index (χ0v) is 16.2. The first-order valence-corrected chi connectivity index (χ1v) is 8.34. The van der Waals surface area contributed by atoms with Gasteiger partial charge in [-0.1, -0.05) is 24.3 Å². The van der Waals surface area contributed by atoms with E-state index in [4.69, 9.17) is 35.7 Å². The van der Waals surface area contributed by atoms with E-state index in [2.05, 4.69) is 29.6 Å². The van der Waals surface area contributed by atoms with E-state index in [1.54, 1.807) is 12.1 Å². The molecule has 2 aromatic carbocycles. The first kappa shape index (κ1) is 24.6. The second kappa shape index (κ2) is 13.8. The molecule has 0 bridgehead atoms. The van der Waals surface area contributed by atoms with Gasteiger partial charge >= 0.3 is 0 Å². The summed E-state index contributed by atoms with van der Waals surface area (Å²) in [6.45, 7) is 3.56. The predicted octanol–water partition coefficient (Wildman–Crippen LogP) is 2.45. The lowest BCUT2D eigenvalue weighted by Gasteiger charge is -2.08. The molecule has 0 aliphatic carbocycles. The molecule has 8 heteroatoms. The zero-order chi connectivity index (χ0) is 21.5. The number of nitrogens with two attached hydrogens (primary N) is 1. The summed E-state index contributed by atoms with van der Waals surface area (Å²) in [6, 6.07) is 15.5. The number of hydrogen-bond acceptors (Lipinski definition) is 5. The van der Waals surface area contributed by atoms with Gasteiger partial charge in [0.05, 0.1) is 0 Å². The van der Waals surface area contributed by atoms with Gasteiger partial charge in [-0.15, -0.1) is 0 Å². The highest BCUT2D eigenvalue weighted by Crippen LogP contribution is 2.14. The quantitative estimate of drug-likeness (QED) is 0.377. The van der Waals surface area contributed by atoms with E-state index in [0.717, 1.165) is 31.7 Å². The van der Waals surface area contributed by atoms with E-state index >= 15 is 0 Å². The Hall–Kier alpha value is -3.39. The Morgan fingerprint density at radius 3 is 1.79 bits per heavy atom. The van der Waals surface area contributed by atoms with Crippen LogP contribution < -0.4 is 15.8 Å². The van der Waals surface area contributed by atoms with E-state index in [-0.39, 0.29) is 5.84 Å². The second-order valence-corrected chi connectivity index (χ2v) is 5.61. The zero-order valence-electron chi connectivity index (χ0n) is 16.2. The third-order valence-corrected chi connectivity index (χ3v) is 2.97. The lowest BCUT2D eigenvalue weighted by molar-refractivity contribution is -0.135. The average Bonchev–Trinajstić information content (AvgIpc) is 2.61. The van der Waals surface area contributed by atoms with Gasteiger partial charge in [-0.25, -0.2) is 0 Å². The van der Waals surface area contributed by atoms with Crippen molar-refractivity contribution in [3.8, 4) is 5.75 Å². The average molecular weight is 389 g/mol. The minimum atomic E-state index is -0.833. The summed E-state index contributed by atoms with van der Waals surface area (Å²) >= 11 is 0. The molecule has 0 aliphatic heterocycles. The third-order valence-electron chi connectivity index (χ3n) is 2.97. The predicted molar refractivity (Wildman–Crippen MR) is 108 cm³/mol. The van der Waals surface area contributed by atoms with Gasteiger partial charge < -0.3 is 26.0 Å². The first-order chi connectivity index (χ1) is 13.1. The first-order valence-electron chi connectivity index (χ1n) is 8.34. The van der Waals surface area contributed by atoms with Crippen LogP contribution in [0.1, 0.15) is 30.5 Å². The smallest absolute Gasteiger partial charge is 0.300 e. The number of benzene rings is 2. The van der Waals surface area contributed by atoms with Crippen LogP contribution in [0.5, 0.6) is 5.75 Å². The Morgan fingerprint density at radius 1 is 0.964 bits per heavy atom. The standard InChI is InChI=1S/C16H19N3O.2C2H4O2/c1-19-10-12-2-4-13(5-3-12)11-20-15-8-6-14(7-9-15)16(17)18;2*1-2(3)4/h2-9,19H,10-11H2,1H3,(H3,17,18);2*1H3,(H,3,4). The van der Waals surface area contributed by atoms with E-state index < -0.39 is 11.9 Å². The fourth-order valence-corrected chi connectivity index (χ4v) is 1.85.